The van der Waals surface area contributed by atoms with Gasteiger partial charge in [0.1, 0.15) is 4.90 Å². The molecule has 3 rings (SSSR count). The van der Waals surface area contributed by atoms with Gasteiger partial charge in [0.2, 0.25) is 5.91 Å². The molecule has 0 spiro atoms. The summed E-state index contributed by atoms with van der Waals surface area (Å²) in [6.07, 6.45) is -2.08. The third kappa shape index (κ3) is 7.95. The molecular weight excluding hydrogens is 517 g/mol. The van der Waals surface area contributed by atoms with Crippen molar-refractivity contribution in [2.45, 2.75) is 43.7 Å². The number of sulfonamides is 1. The first kappa shape index (κ1) is 28.5. The number of hydrogen-bond acceptors (Lipinski definition) is 4. The standard InChI is InChI=1S/C28H25F3N2O4S/c1-2-3-4-9-26(34)33-38(36,37)25-8-6-5-7-24(25)32-27(35)22-16-12-20(13-17-22)10-11-21-14-18-23(19-15-21)28(29,30)31/h5-8,12-19H,2-4,9H2,1H3,(H,32,35)(H,33,34). The van der Waals surface area contributed by atoms with E-state index in [0.29, 0.717) is 17.5 Å². The van der Waals surface area contributed by atoms with E-state index in [4.69, 9.17) is 0 Å². The van der Waals surface area contributed by atoms with Crippen molar-refractivity contribution < 1.29 is 31.2 Å². The van der Waals surface area contributed by atoms with Crippen LogP contribution in [0.3, 0.4) is 0 Å². The van der Waals surface area contributed by atoms with Crippen LogP contribution >= 0.6 is 0 Å². The maximum absolute atomic E-state index is 12.8. The second-order valence-corrected chi connectivity index (χ2v) is 9.99. The molecule has 0 atom stereocenters. The fourth-order valence-corrected chi connectivity index (χ4v) is 4.56. The van der Waals surface area contributed by atoms with Crippen molar-refractivity contribution in [3.8, 4) is 11.8 Å². The van der Waals surface area contributed by atoms with Crippen LogP contribution in [-0.4, -0.2) is 20.2 Å². The number of unbranched alkanes of at least 4 members (excludes halogenated alkanes) is 2. The van der Waals surface area contributed by atoms with Crippen molar-refractivity contribution in [3.05, 3.63) is 95.1 Å². The van der Waals surface area contributed by atoms with Crippen LogP contribution in [0.5, 0.6) is 0 Å². The summed E-state index contributed by atoms with van der Waals surface area (Å²) in [6, 6.07) is 16.3. The third-order valence-electron chi connectivity index (χ3n) is 5.39. The number of benzene rings is 3. The first-order chi connectivity index (χ1) is 18.0. The van der Waals surface area contributed by atoms with E-state index >= 15 is 0 Å². The van der Waals surface area contributed by atoms with Gasteiger partial charge in [0.05, 0.1) is 11.3 Å². The van der Waals surface area contributed by atoms with Crippen LogP contribution in [-0.2, 0) is 21.0 Å². The highest BCUT2D eigenvalue weighted by Gasteiger charge is 2.29. The molecular formula is C28H25F3N2O4S. The molecule has 0 aromatic heterocycles. The minimum atomic E-state index is -4.42. The Bertz CT molecular complexity index is 1450. The largest absolute Gasteiger partial charge is 0.416 e. The number of carbonyl (C=O) groups is 2. The van der Waals surface area contributed by atoms with Crippen LogP contribution in [0, 0.1) is 11.8 Å². The van der Waals surface area contributed by atoms with Crippen molar-refractivity contribution in [2.24, 2.45) is 0 Å². The van der Waals surface area contributed by atoms with Gasteiger partial charge in [0.15, 0.2) is 0 Å². The number of rotatable bonds is 8. The summed E-state index contributed by atoms with van der Waals surface area (Å²) in [6.45, 7) is 1.97. The maximum atomic E-state index is 12.8. The van der Waals surface area contributed by atoms with Gasteiger partial charge in [0, 0.05) is 23.1 Å². The van der Waals surface area contributed by atoms with Crippen molar-refractivity contribution in [1.29, 1.82) is 0 Å². The molecule has 0 fully saturated rings. The Labute approximate surface area is 219 Å². The SMILES string of the molecule is CCCCCC(=O)NS(=O)(=O)c1ccccc1NC(=O)c1ccc(C#Cc2ccc(C(F)(F)F)cc2)cc1. The van der Waals surface area contributed by atoms with E-state index in [1.54, 1.807) is 18.2 Å². The monoisotopic (exact) mass is 542 g/mol. The summed E-state index contributed by atoms with van der Waals surface area (Å²) < 4.78 is 65.6. The van der Waals surface area contributed by atoms with E-state index in [1.807, 2.05) is 11.6 Å². The number of nitrogens with one attached hydrogen (secondary N) is 2. The molecule has 2 N–H and O–H groups in total. The van der Waals surface area contributed by atoms with Gasteiger partial charge in [-0.1, -0.05) is 43.7 Å². The van der Waals surface area contributed by atoms with Gasteiger partial charge in [-0.15, -0.1) is 0 Å². The van der Waals surface area contributed by atoms with E-state index in [1.165, 1.54) is 42.5 Å². The van der Waals surface area contributed by atoms with Crippen molar-refractivity contribution in [1.82, 2.24) is 4.72 Å². The zero-order valence-corrected chi connectivity index (χ0v) is 21.2. The number of alkyl halides is 3. The van der Waals surface area contributed by atoms with Crippen molar-refractivity contribution in [2.75, 3.05) is 5.32 Å². The molecule has 0 heterocycles. The zero-order valence-electron chi connectivity index (χ0n) is 20.4. The molecule has 198 valence electrons. The highest BCUT2D eigenvalue weighted by molar-refractivity contribution is 7.90. The van der Waals surface area contributed by atoms with E-state index in [2.05, 4.69) is 17.2 Å². The zero-order chi connectivity index (χ0) is 27.8. The Morgan fingerprint density at radius 1 is 0.842 bits per heavy atom. The van der Waals surface area contributed by atoms with Gasteiger partial charge in [-0.3, -0.25) is 9.59 Å². The first-order valence-electron chi connectivity index (χ1n) is 11.7. The molecule has 3 aromatic carbocycles. The second kappa shape index (κ2) is 12.4. The van der Waals surface area contributed by atoms with E-state index < -0.39 is 33.6 Å². The van der Waals surface area contributed by atoms with Gasteiger partial charge in [-0.2, -0.15) is 13.2 Å². The Morgan fingerprint density at radius 3 is 2.00 bits per heavy atom. The molecule has 10 heteroatoms. The Morgan fingerprint density at radius 2 is 1.42 bits per heavy atom. The summed E-state index contributed by atoms with van der Waals surface area (Å²) in [7, 11) is -4.20. The number of amides is 2. The van der Waals surface area contributed by atoms with Crippen LogP contribution in [0.4, 0.5) is 18.9 Å². The summed E-state index contributed by atoms with van der Waals surface area (Å²) in [4.78, 5) is 24.6. The van der Waals surface area contributed by atoms with E-state index in [-0.39, 0.29) is 22.6 Å². The van der Waals surface area contributed by atoms with Gasteiger partial charge in [0.25, 0.3) is 15.9 Å². The molecule has 6 nitrogen and oxygen atoms in total. The third-order valence-corrected chi connectivity index (χ3v) is 6.82. The van der Waals surface area contributed by atoms with Crippen LogP contribution in [0.15, 0.2) is 77.7 Å². The number of halogens is 3. The molecule has 0 saturated heterocycles. The predicted octanol–water partition coefficient (Wildman–Crippen LogP) is 5.74. The second-order valence-electron chi connectivity index (χ2n) is 8.34. The molecule has 0 bridgehead atoms. The fourth-order valence-electron chi connectivity index (χ4n) is 3.38. The lowest BCUT2D eigenvalue weighted by Crippen LogP contribution is -2.31. The van der Waals surface area contributed by atoms with Crippen LogP contribution in [0.1, 0.15) is 59.7 Å². The van der Waals surface area contributed by atoms with Crippen LogP contribution in [0.25, 0.3) is 0 Å². The lowest BCUT2D eigenvalue weighted by Gasteiger charge is -2.12. The minimum absolute atomic E-state index is 0.0116. The lowest BCUT2D eigenvalue weighted by atomic mass is 10.1. The highest BCUT2D eigenvalue weighted by Crippen LogP contribution is 2.29. The normalized spacial score (nSPS) is 11.3. The highest BCUT2D eigenvalue weighted by atomic mass is 32.2. The van der Waals surface area contributed by atoms with Gasteiger partial charge in [-0.05, 0) is 67.1 Å². The molecule has 0 aliphatic carbocycles. The summed E-state index contributed by atoms with van der Waals surface area (Å²) in [5, 5.41) is 2.56. The summed E-state index contributed by atoms with van der Waals surface area (Å²) in [5.41, 5.74) is 0.394. The van der Waals surface area contributed by atoms with E-state index in [9.17, 15) is 31.2 Å². The van der Waals surface area contributed by atoms with Crippen molar-refractivity contribution >= 4 is 27.5 Å². The average molecular weight is 543 g/mol. The molecule has 0 saturated carbocycles. The minimum Gasteiger partial charge on any atom is -0.321 e. The number of hydrogen-bond donors (Lipinski definition) is 2. The van der Waals surface area contributed by atoms with Crippen molar-refractivity contribution in [3.63, 3.8) is 0 Å². The number of para-hydroxylation sites is 1. The van der Waals surface area contributed by atoms with Gasteiger partial charge >= 0.3 is 6.18 Å². The maximum Gasteiger partial charge on any atom is 0.416 e. The van der Waals surface area contributed by atoms with Gasteiger partial charge < -0.3 is 5.32 Å². The summed E-state index contributed by atoms with van der Waals surface area (Å²) in [5.74, 6) is 4.38. The molecule has 0 aliphatic heterocycles. The molecule has 2 amide bonds. The molecule has 0 radical (unpaired) electrons. The average Bonchev–Trinajstić information content (AvgIpc) is 2.87. The Balaban J connectivity index is 1.69. The van der Waals surface area contributed by atoms with E-state index in [0.717, 1.165) is 25.0 Å². The van der Waals surface area contributed by atoms with Crippen LogP contribution in [0.2, 0.25) is 0 Å². The number of carbonyl (C=O) groups excluding carboxylic acids is 2. The summed E-state index contributed by atoms with van der Waals surface area (Å²) >= 11 is 0. The lowest BCUT2D eigenvalue weighted by molar-refractivity contribution is -0.137. The predicted molar refractivity (Wildman–Crippen MR) is 138 cm³/mol. The Kier molecular flexibility index (Phi) is 9.31. The van der Waals surface area contributed by atoms with Gasteiger partial charge in [-0.25, -0.2) is 13.1 Å². The topological polar surface area (TPSA) is 92.3 Å². The van der Waals surface area contributed by atoms with Crippen LogP contribution < -0.4 is 10.0 Å². The smallest absolute Gasteiger partial charge is 0.321 e. The number of anilines is 1. The first-order valence-corrected chi connectivity index (χ1v) is 13.2. The molecule has 3 aromatic rings. The molecule has 38 heavy (non-hydrogen) atoms. The quantitative estimate of drug-likeness (QED) is 0.280. The molecule has 0 unspecified atom stereocenters. The Hall–Kier alpha value is -4.10. The molecule has 0 aliphatic rings. The fraction of sp³-hybridized carbons (Fsp3) is 0.214.